The highest BCUT2D eigenvalue weighted by molar-refractivity contribution is 5.14. The molecule has 0 bridgehead atoms. The first-order chi connectivity index (χ1) is 8.29. The Kier molecular flexibility index (Phi) is 4.45. The lowest BCUT2D eigenvalue weighted by Crippen LogP contribution is -2.28. The summed E-state index contributed by atoms with van der Waals surface area (Å²) in [6.45, 7) is 0. The molecule has 94 valence electrons. The zero-order valence-corrected chi connectivity index (χ0v) is 10.0. The van der Waals surface area contributed by atoms with Gasteiger partial charge in [0, 0.05) is 12.2 Å². The zero-order chi connectivity index (χ0) is 12.1. The van der Waals surface area contributed by atoms with Gasteiger partial charge in [0.05, 0.1) is 6.20 Å². The first-order valence-corrected chi connectivity index (χ1v) is 6.36. The average molecular weight is 237 g/mol. The van der Waals surface area contributed by atoms with E-state index in [0.29, 0.717) is 0 Å². The Balaban J connectivity index is 1.91. The Morgan fingerprint density at radius 3 is 2.82 bits per heavy atom. The molecule has 2 rings (SSSR count). The highest BCUT2D eigenvalue weighted by Crippen LogP contribution is 2.31. The Bertz CT molecular complexity index is 350. The number of nitrogens with zero attached hydrogens (tertiary/aromatic N) is 1. The smallest absolute Gasteiger partial charge is 0.141 e. The summed E-state index contributed by atoms with van der Waals surface area (Å²) in [5.41, 5.74) is 3.60. The van der Waals surface area contributed by atoms with E-state index in [-0.39, 0.29) is 11.9 Å². The van der Waals surface area contributed by atoms with E-state index in [1.807, 2.05) is 0 Å². The summed E-state index contributed by atoms with van der Waals surface area (Å²) in [4.78, 5) is 3.86. The van der Waals surface area contributed by atoms with Crippen molar-refractivity contribution < 1.29 is 4.39 Å². The lowest BCUT2D eigenvalue weighted by Gasteiger charge is -2.18. The number of pyridine rings is 1. The van der Waals surface area contributed by atoms with Crippen LogP contribution in [0.1, 0.15) is 50.1 Å². The molecule has 1 aromatic heterocycles. The quantitative estimate of drug-likeness (QED) is 0.611. The molecule has 0 radical (unpaired) electrons. The number of hydrogen-bond donors (Lipinski definition) is 2. The van der Waals surface area contributed by atoms with Gasteiger partial charge in [0.2, 0.25) is 0 Å². The van der Waals surface area contributed by atoms with Crippen LogP contribution in [0.15, 0.2) is 18.5 Å². The zero-order valence-electron chi connectivity index (χ0n) is 10.0. The second-order valence-electron chi connectivity index (χ2n) is 4.88. The second kappa shape index (κ2) is 6.07. The van der Waals surface area contributed by atoms with Crippen molar-refractivity contribution in [3.8, 4) is 0 Å². The van der Waals surface area contributed by atoms with Gasteiger partial charge in [-0.1, -0.05) is 25.7 Å². The molecular formula is C13H20FN3. The maximum atomic E-state index is 13.1. The second-order valence-corrected chi connectivity index (χ2v) is 4.88. The van der Waals surface area contributed by atoms with Gasteiger partial charge in [-0.05, 0) is 30.4 Å². The van der Waals surface area contributed by atoms with E-state index >= 15 is 0 Å². The monoisotopic (exact) mass is 237 g/mol. The van der Waals surface area contributed by atoms with Crippen LogP contribution in [0.3, 0.4) is 0 Å². The van der Waals surface area contributed by atoms with E-state index in [1.165, 1.54) is 37.9 Å². The molecule has 1 heterocycles. The third kappa shape index (κ3) is 3.48. The van der Waals surface area contributed by atoms with E-state index < -0.39 is 0 Å². The van der Waals surface area contributed by atoms with E-state index in [1.54, 1.807) is 6.20 Å². The van der Waals surface area contributed by atoms with Crippen LogP contribution in [0.2, 0.25) is 0 Å². The summed E-state index contributed by atoms with van der Waals surface area (Å²) < 4.78 is 13.1. The molecule has 3 nitrogen and oxygen atoms in total. The van der Waals surface area contributed by atoms with Crippen molar-refractivity contribution in [2.75, 3.05) is 0 Å². The Morgan fingerprint density at radius 2 is 2.18 bits per heavy atom. The largest absolute Gasteiger partial charge is 0.271 e. The number of hydrogen-bond acceptors (Lipinski definition) is 3. The topological polar surface area (TPSA) is 50.9 Å². The van der Waals surface area contributed by atoms with Crippen LogP contribution in [0.4, 0.5) is 4.39 Å². The normalized spacial score (nSPS) is 18.5. The molecule has 1 fully saturated rings. The molecule has 0 saturated heterocycles. The molecule has 0 amide bonds. The van der Waals surface area contributed by atoms with Crippen molar-refractivity contribution in [1.82, 2.24) is 10.4 Å². The van der Waals surface area contributed by atoms with Gasteiger partial charge < -0.3 is 0 Å². The van der Waals surface area contributed by atoms with Crippen LogP contribution in [0.5, 0.6) is 0 Å². The van der Waals surface area contributed by atoms with Crippen LogP contribution in [-0.2, 0) is 0 Å². The molecule has 1 aromatic rings. The van der Waals surface area contributed by atoms with Gasteiger partial charge >= 0.3 is 0 Å². The van der Waals surface area contributed by atoms with Gasteiger partial charge in [0.15, 0.2) is 0 Å². The number of nitrogens with two attached hydrogens (primary N) is 1. The lowest BCUT2D eigenvalue weighted by atomic mass is 9.96. The van der Waals surface area contributed by atoms with E-state index in [0.717, 1.165) is 24.3 Å². The Morgan fingerprint density at radius 1 is 1.41 bits per heavy atom. The first-order valence-electron chi connectivity index (χ1n) is 6.36. The Labute approximate surface area is 102 Å². The molecule has 1 unspecified atom stereocenters. The van der Waals surface area contributed by atoms with Crippen LogP contribution >= 0.6 is 0 Å². The highest BCUT2D eigenvalue weighted by Gasteiger charge is 2.18. The fraction of sp³-hybridized carbons (Fsp3) is 0.615. The van der Waals surface area contributed by atoms with Crippen molar-refractivity contribution in [3.05, 3.63) is 29.8 Å². The molecule has 3 N–H and O–H groups in total. The summed E-state index contributed by atoms with van der Waals surface area (Å²) in [6.07, 6.45) is 10.4. The molecule has 1 saturated carbocycles. The molecule has 1 aliphatic rings. The summed E-state index contributed by atoms with van der Waals surface area (Å²) in [5, 5.41) is 0. The van der Waals surface area contributed by atoms with Crippen molar-refractivity contribution in [1.29, 1.82) is 0 Å². The van der Waals surface area contributed by atoms with Gasteiger partial charge in [-0.2, -0.15) is 0 Å². The van der Waals surface area contributed by atoms with Crippen molar-refractivity contribution in [2.45, 2.75) is 44.6 Å². The highest BCUT2D eigenvalue weighted by atomic mass is 19.1. The number of hydrazine groups is 1. The summed E-state index contributed by atoms with van der Waals surface area (Å²) in [5.74, 6) is 6.06. The third-order valence-corrected chi connectivity index (χ3v) is 3.67. The Hall–Kier alpha value is -1.00. The van der Waals surface area contributed by atoms with Crippen LogP contribution in [0.25, 0.3) is 0 Å². The maximum absolute atomic E-state index is 13.1. The van der Waals surface area contributed by atoms with Crippen LogP contribution < -0.4 is 11.3 Å². The van der Waals surface area contributed by atoms with Gasteiger partial charge in [0.1, 0.15) is 5.82 Å². The van der Waals surface area contributed by atoms with Crippen LogP contribution in [0, 0.1) is 11.7 Å². The molecule has 0 aliphatic heterocycles. The predicted molar refractivity (Wildman–Crippen MR) is 65.5 cm³/mol. The van der Waals surface area contributed by atoms with Crippen LogP contribution in [-0.4, -0.2) is 4.98 Å². The minimum Gasteiger partial charge on any atom is -0.271 e. The number of aromatic nitrogens is 1. The molecule has 1 aliphatic carbocycles. The molecular weight excluding hydrogens is 217 g/mol. The van der Waals surface area contributed by atoms with Crippen molar-refractivity contribution in [3.63, 3.8) is 0 Å². The van der Waals surface area contributed by atoms with Gasteiger partial charge in [-0.3, -0.25) is 16.3 Å². The molecule has 0 aromatic carbocycles. The summed E-state index contributed by atoms with van der Waals surface area (Å²) in [7, 11) is 0. The van der Waals surface area contributed by atoms with Gasteiger partial charge in [-0.15, -0.1) is 0 Å². The fourth-order valence-corrected chi connectivity index (χ4v) is 2.67. The molecule has 17 heavy (non-hydrogen) atoms. The first kappa shape index (κ1) is 12.5. The lowest BCUT2D eigenvalue weighted by molar-refractivity contribution is 0.415. The number of halogens is 1. The minimum absolute atomic E-state index is 0.0128. The summed E-state index contributed by atoms with van der Waals surface area (Å²) in [6, 6.07) is 1.52. The molecule has 4 heteroatoms. The predicted octanol–water partition coefficient (Wildman–Crippen LogP) is 2.70. The standard InChI is InChI=1S/C13H20FN3/c14-12-7-11(8-16-9-12)13(17-15)6-5-10-3-1-2-4-10/h7-10,13,17H,1-6,15H2. The minimum atomic E-state index is -0.302. The van der Waals surface area contributed by atoms with E-state index in [2.05, 4.69) is 10.4 Å². The van der Waals surface area contributed by atoms with Crippen molar-refractivity contribution in [2.24, 2.45) is 11.8 Å². The maximum Gasteiger partial charge on any atom is 0.141 e. The van der Waals surface area contributed by atoms with Crippen molar-refractivity contribution >= 4 is 0 Å². The van der Waals surface area contributed by atoms with E-state index in [4.69, 9.17) is 5.84 Å². The summed E-state index contributed by atoms with van der Waals surface area (Å²) >= 11 is 0. The molecule has 1 atom stereocenters. The van der Waals surface area contributed by atoms with E-state index in [9.17, 15) is 4.39 Å². The SMILES string of the molecule is NNC(CCC1CCCC1)c1cncc(F)c1. The molecule has 0 spiro atoms. The number of nitrogens with one attached hydrogen (secondary N) is 1. The van der Waals surface area contributed by atoms with Gasteiger partial charge in [0.25, 0.3) is 0 Å². The fourth-order valence-electron chi connectivity index (χ4n) is 2.67. The van der Waals surface area contributed by atoms with Gasteiger partial charge in [-0.25, -0.2) is 4.39 Å². The third-order valence-electron chi connectivity index (χ3n) is 3.67. The average Bonchev–Trinajstić information content (AvgIpc) is 2.83. The number of rotatable bonds is 5.